The Morgan fingerprint density at radius 1 is 1.33 bits per heavy atom. The topological polar surface area (TPSA) is 42.2 Å². The highest BCUT2D eigenvalue weighted by atomic mass is 16.4. The van der Waals surface area contributed by atoms with Gasteiger partial charge in [0.25, 0.3) is 0 Å². The standard InChI is InChI=1S/C12H15NO2/c1-8-3-4-9(2)13(8)11-6-5-10(7-11)12(14)15/h3-6,10-11H,7H2,1-2H3,(H,14,15)/t10-,11+/m0/s1. The summed E-state index contributed by atoms with van der Waals surface area (Å²) in [6.07, 6.45) is 4.47. The molecule has 15 heavy (non-hydrogen) atoms. The third-order valence-electron chi connectivity index (χ3n) is 3.04. The average Bonchev–Trinajstić information content (AvgIpc) is 2.73. The van der Waals surface area contributed by atoms with Crippen molar-refractivity contribution in [3.05, 3.63) is 35.7 Å². The molecule has 80 valence electrons. The zero-order valence-corrected chi connectivity index (χ0v) is 8.97. The SMILES string of the molecule is Cc1ccc(C)n1[C@@H]1C=C[C@H](C(=O)O)C1. The Morgan fingerprint density at radius 2 is 1.93 bits per heavy atom. The van der Waals surface area contributed by atoms with Gasteiger partial charge in [0, 0.05) is 11.4 Å². The highest BCUT2D eigenvalue weighted by Gasteiger charge is 2.26. The number of aryl methyl sites for hydroxylation is 2. The van der Waals surface area contributed by atoms with Gasteiger partial charge in [-0.05, 0) is 32.4 Å². The Bertz CT molecular complexity index is 398. The van der Waals surface area contributed by atoms with Crippen molar-refractivity contribution >= 4 is 5.97 Å². The van der Waals surface area contributed by atoms with E-state index in [2.05, 4.69) is 30.5 Å². The number of hydrogen-bond donors (Lipinski definition) is 1. The maximum atomic E-state index is 10.8. The molecule has 0 saturated heterocycles. The highest BCUT2D eigenvalue weighted by Crippen LogP contribution is 2.30. The minimum absolute atomic E-state index is 0.209. The first kappa shape index (κ1) is 10.0. The third-order valence-corrected chi connectivity index (χ3v) is 3.04. The van der Waals surface area contributed by atoms with Crippen molar-refractivity contribution in [3.63, 3.8) is 0 Å². The average molecular weight is 205 g/mol. The van der Waals surface area contributed by atoms with Gasteiger partial charge >= 0.3 is 5.97 Å². The molecule has 1 heterocycles. The number of allylic oxidation sites excluding steroid dienone is 1. The van der Waals surface area contributed by atoms with Gasteiger partial charge in [-0.2, -0.15) is 0 Å². The molecule has 1 aromatic rings. The van der Waals surface area contributed by atoms with Gasteiger partial charge in [-0.25, -0.2) is 0 Å². The molecule has 3 nitrogen and oxygen atoms in total. The maximum Gasteiger partial charge on any atom is 0.310 e. The predicted octanol–water partition coefficient (Wildman–Crippen LogP) is 2.31. The normalized spacial score (nSPS) is 24.7. The van der Waals surface area contributed by atoms with Crippen LogP contribution in [0.3, 0.4) is 0 Å². The summed E-state index contributed by atoms with van der Waals surface area (Å²) in [6, 6.07) is 4.34. The lowest BCUT2D eigenvalue weighted by molar-refractivity contribution is -0.140. The number of carboxylic acids is 1. The lowest BCUT2D eigenvalue weighted by Gasteiger charge is -2.16. The molecule has 0 aliphatic heterocycles. The second kappa shape index (κ2) is 3.57. The molecule has 0 fully saturated rings. The lowest BCUT2D eigenvalue weighted by atomic mass is 10.1. The van der Waals surface area contributed by atoms with Crippen molar-refractivity contribution in [2.24, 2.45) is 5.92 Å². The zero-order valence-electron chi connectivity index (χ0n) is 8.97. The van der Waals surface area contributed by atoms with E-state index >= 15 is 0 Å². The quantitative estimate of drug-likeness (QED) is 0.753. The molecule has 2 atom stereocenters. The van der Waals surface area contributed by atoms with E-state index in [-0.39, 0.29) is 12.0 Å². The summed E-state index contributed by atoms with van der Waals surface area (Å²) in [7, 11) is 0. The summed E-state index contributed by atoms with van der Waals surface area (Å²) in [6.45, 7) is 4.10. The molecule has 0 saturated carbocycles. The van der Waals surface area contributed by atoms with Crippen molar-refractivity contribution in [1.82, 2.24) is 4.57 Å². The number of hydrogen-bond acceptors (Lipinski definition) is 1. The van der Waals surface area contributed by atoms with Crippen molar-refractivity contribution in [3.8, 4) is 0 Å². The molecular weight excluding hydrogens is 190 g/mol. The van der Waals surface area contributed by atoms with Crippen molar-refractivity contribution < 1.29 is 9.90 Å². The molecule has 0 bridgehead atoms. The van der Waals surface area contributed by atoms with E-state index in [1.807, 2.05) is 6.08 Å². The molecule has 0 radical (unpaired) electrons. The molecule has 0 unspecified atom stereocenters. The van der Waals surface area contributed by atoms with E-state index in [1.165, 1.54) is 11.4 Å². The van der Waals surface area contributed by atoms with Gasteiger partial charge in [-0.1, -0.05) is 12.2 Å². The summed E-state index contributed by atoms with van der Waals surface area (Å²) in [5, 5.41) is 8.91. The van der Waals surface area contributed by atoms with Gasteiger partial charge in [0.2, 0.25) is 0 Å². The van der Waals surface area contributed by atoms with E-state index in [0.717, 1.165) is 0 Å². The van der Waals surface area contributed by atoms with E-state index < -0.39 is 5.97 Å². The predicted molar refractivity (Wildman–Crippen MR) is 57.8 cm³/mol. The molecule has 1 aliphatic carbocycles. The molecule has 1 aliphatic rings. The van der Waals surface area contributed by atoms with Crippen LogP contribution in [0.15, 0.2) is 24.3 Å². The Hall–Kier alpha value is -1.51. The van der Waals surface area contributed by atoms with Crippen LogP contribution in [-0.4, -0.2) is 15.6 Å². The zero-order chi connectivity index (χ0) is 11.0. The molecule has 2 rings (SSSR count). The largest absolute Gasteiger partial charge is 0.481 e. The number of carbonyl (C=O) groups is 1. The van der Waals surface area contributed by atoms with Crippen molar-refractivity contribution in [2.45, 2.75) is 26.3 Å². The smallest absolute Gasteiger partial charge is 0.310 e. The maximum absolute atomic E-state index is 10.8. The monoisotopic (exact) mass is 205 g/mol. The fourth-order valence-electron chi connectivity index (χ4n) is 2.26. The Labute approximate surface area is 89.0 Å². The van der Waals surface area contributed by atoms with Crippen LogP contribution in [0.25, 0.3) is 0 Å². The van der Waals surface area contributed by atoms with Crippen molar-refractivity contribution in [2.75, 3.05) is 0 Å². The van der Waals surface area contributed by atoms with Gasteiger partial charge in [-0.3, -0.25) is 4.79 Å². The van der Waals surface area contributed by atoms with Gasteiger partial charge < -0.3 is 9.67 Å². The Morgan fingerprint density at radius 3 is 2.40 bits per heavy atom. The van der Waals surface area contributed by atoms with Gasteiger partial charge in [-0.15, -0.1) is 0 Å². The number of carboxylic acid groups (broad SMARTS) is 1. The van der Waals surface area contributed by atoms with Crippen LogP contribution in [0.4, 0.5) is 0 Å². The Balaban J connectivity index is 2.22. The lowest BCUT2D eigenvalue weighted by Crippen LogP contribution is -2.13. The first-order chi connectivity index (χ1) is 7.09. The van der Waals surface area contributed by atoms with E-state index in [0.29, 0.717) is 6.42 Å². The fourth-order valence-corrected chi connectivity index (χ4v) is 2.26. The summed E-state index contributed by atoms with van der Waals surface area (Å²) in [4.78, 5) is 10.8. The third kappa shape index (κ3) is 1.69. The van der Waals surface area contributed by atoms with Crippen LogP contribution >= 0.6 is 0 Å². The molecule has 0 amide bonds. The van der Waals surface area contributed by atoms with Crippen molar-refractivity contribution in [1.29, 1.82) is 0 Å². The number of rotatable bonds is 2. The van der Waals surface area contributed by atoms with Gasteiger partial charge in [0.15, 0.2) is 0 Å². The molecule has 1 aromatic heterocycles. The molecule has 0 spiro atoms. The van der Waals surface area contributed by atoms with Crippen LogP contribution < -0.4 is 0 Å². The van der Waals surface area contributed by atoms with E-state index in [4.69, 9.17) is 5.11 Å². The Kier molecular flexibility index (Phi) is 2.39. The van der Waals surface area contributed by atoms with E-state index in [1.54, 1.807) is 6.08 Å². The first-order valence-corrected chi connectivity index (χ1v) is 5.15. The first-order valence-electron chi connectivity index (χ1n) is 5.15. The summed E-state index contributed by atoms with van der Waals surface area (Å²) in [5.41, 5.74) is 2.38. The van der Waals surface area contributed by atoms with E-state index in [9.17, 15) is 4.79 Å². The summed E-state index contributed by atoms with van der Waals surface area (Å²) in [5.74, 6) is -1.05. The van der Waals surface area contributed by atoms with Crippen LogP contribution in [-0.2, 0) is 4.79 Å². The minimum Gasteiger partial charge on any atom is -0.481 e. The molecule has 1 N–H and O–H groups in total. The minimum atomic E-state index is -0.726. The summed E-state index contributed by atoms with van der Waals surface area (Å²) < 4.78 is 2.19. The second-order valence-electron chi connectivity index (χ2n) is 4.12. The second-order valence-corrected chi connectivity index (χ2v) is 4.12. The highest BCUT2D eigenvalue weighted by molar-refractivity contribution is 5.72. The number of nitrogens with zero attached hydrogens (tertiary/aromatic N) is 1. The number of aliphatic carboxylic acids is 1. The van der Waals surface area contributed by atoms with Gasteiger partial charge in [0.1, 0.15) is 0 Å². The summed E-state index contributed by atoms with van der Waals surface area (Å²) >= 11 is 0. The van der Waals surface area contributed by atoms with Crippen LogP contribution in [0.2, 0.25) is 0 Å². The molecule has 0 aromatic carbocycles. The molecular formula is C12H15NO2. The van der Waals surface area contributed by atoms with Gasteiger partial charge in [0.05, 0.1) is 12.0 Å². The molecule has 3 heteroatoms. The fraction of sp³-hybridized carbons (Fsp3) is 0.417. The van der Waals surface area contributed by atoms with Crippen LogP contribution in [0.5, 0.6) is 0 Å². The number of aromatic nitrogens is 1. The van der Waals surface area contributed by atoms with Crippen LogP contribution in [0.1, 0.15) is 23.9 Å². The van der Waals surface area contributed by atoms with Crippen LogP contribution in [0, 0.1) is 19.8 Å².